The third-order valence-corrected chi connectivity index (χ3v) is 4.53. The zero-order valence-electron chi connectivity index (χ0n) is 18.2. The van der Waals surface area contributed by atoms with Gasteiger partial charge in [-0.05, 0) is 45.7 Å². The first kappa shape index (κ1) is 23.2. The minimum atomic E-state index is -0.150. The van der Waals surface area contributed by atoms with E-state index in [0.717, 1.165) is 0 Å². The van der Waals surface area contributed by atoms with Gasteiger partial charge in [-0.25, -0.2) is 9.98 Å². The highest BCUT2D eigenvalue weighted by atomic mass is 32.1. The fraction of sp³-hybridized carbons (Fsp3) is 0.381. The first-order chi connectivity index (χ1) is 14.3. The molecule has 8 nitrogen and oxygen atoms in total. The van der Waals surface area contributed by atoms with Crippen LogP contribution < -0.4 is 10.1 Å². The number of aromatic nitrogens is 3. The van der Waals surface area contributed by atoms with Crippen LogP contribution in [0.5, 0.6) is 5.75 Å². The molecular formula is C21H28N6O2S. The summed E-state index contributed by atoms with van der Waals surface area (Å²) in [7, 11) is 1.71. The van der Waals surface area contributed by atoms with Crippen molar-refractivity contribution in [3.05, 3.63) is 42.0 Å². The Morgan fingerprint density at radius 3 is 2.60 bits per heavy atom. The Balaban J connectivity index is 2.27. The van der Waals surface area contributed by atoms with Crippen LogP contribution in [0.3, 0.4) is 0 Å². The lowest BCUT2D eigenvalue weighted by molar-refractivity contribution is -0.131. The summed E-state index contributed by atoms with van der Waals surface area (Å²) in [6.07, 6.45) is 5.36. The number of likely N-dealkylation sites (N-methyl/N-ethyl adjacent to an activating group) is 1. The molecule has 0 fully saturated rings. The predicted octanol–water partition coefficient (Wildman–Crippen LogP) is 4.36. The molecule has 30 heavy (non-hydrogen) atoms. The van der Waals surface area contributed by atoms with Gasteiger partial charge in [-0.1, -0.05) is 19.9 Å². The number of carbonyl (C=O) groups is 1. The van der Waals surface area contributed by atoms with Gasteiger partial charge in [0.15, 0.2) is 11.6 Å². The predicted molar refractivity (Wildman–Crippen MR) is 122 cm³/mol. The van der Waals surface area contributed by atoms with Gasteiger partial charge in [-0.15, -0.1) is 0 Å². The minimum absolute atomic E-state index is 0.0306. The van der Waals surface area contributed by atoms with Crippen molar-refractivity contribution in [1.82, 2.24) is 19.2 Å². The van der Waals surface area contributed by atoms with Crippen LogP contribution in [-0.2, 0) is 4.79 Å². The number of anilines is 1. The first-order valence-electron chi connectivity index (χ1n) is 9.61. The quantitative estimate of drug-likeness (QED) is 0.471. The second kappa shape index (κ2) is 10.6. The van der Waals surface area contributed by atoms with Crippen LogP contribution in [0.1, 0.15) is 34.6 Å². The van der Waals surface area contributed by atoms with Crippen molar-refractivity contribution in [2.45, 2.75) is 40.7 Å². The third-order valence-electron chi connectivity index (χ3n) is 3.90. The molecule has 2 rings (SSSR count). The molecule has 2 aromatic rings. The zero-order chi connectivity index (χ0) is 22.3. The van der Waals surface area contributed by atoms with E-state index in [-0.39, 0.29) is 17.9 Å². The molecule has 0 unspecified atom stereocenters. The maximum Gasteiger partial charge on any atom is 0.229 e. The number of nitrogens with zero attached hydrogens (tertiary/aromatic N) is 5. The monoisotopic (exact) mass is 428 g/mol. The summed E-state index contributed by atoms with van der Waals surface area (Å²) in [6.45, 7) is 13.1. The highest BCUT2D eigenvalue weighted by molar-refractivity contribution is 7.09. The van der Waals surface area contributed by atoms with Gasteiger partial charge in [0.2, 0.25) is 11.0 Å². The van der Waals surface area contributed by atoms with Gasteiger partial charge in [0.05, 0.1) is 18.0 Å². The fourth-order valence-corrected chi connectivity index (χ4v) is 3.11. The van der Waals surface area contributed by atoms with Crippen LogP contribution in [0.4, 0.5) is 5.13 Å². The smallest absolute Gasteiger partial charge is 0.229 e. The molecule has 0 bridgehead atoms. The lowest BCUT2D eigenvalue weighted by atomic mass is 10.2. The second-order valence-electron chi connectivity index (χ2n) is 7.04. The van der Waals surface area contributed by atoms with Crippen molar-refractivity contribution in [2.24, 2.45) is 10.9 Å². The van der Waals surface area contributed by atoms with Gasteiger partial charge in [-0.2, -0.15) is 9.36 Å². The molecule has 0 aromatic carbocycles. The van der Waals surface area contributed by atoms with E-state index in [9.17, 15) is 4.79 Å². The average Bonchev–Trinajstić information content (AvgIpc) is 3.18. The highest BCUT2D eigenvalue weighted by Gasteiger charge is 2.19. The molecular weight excluding hydrogens is 400 g/mol. The summed E-state index contributed by atoms with van der Waals surface area (Å²) in [5.74, 6) is 1.42. The lowest BCUT2D eigenvalue weighted by Crippen LogP contribution is -2.30. The van der Waals surface area contributed by atoms with Crippen molar-refractivity contribution in [2.75, 3.05) is 12.4 Å². The number of hydrogen-bond donors (Lipinski definition) is 1. The largest absolute Gasteiger partial charge is 0.489 e. The summed E-state index contributed by atoms with van der Waals surface area (Å²) in [5, 5.41) is 3.63. The van der Waals surface area contributed by atoms with E-state index in [0.29, 0.717) is 33.9 Å². The Kier molecular flexibility index (Phi) is 8.23. The van der Waals surface area contributed by atoms with E-state index in [1.54, 1.807) is 24.2 Å². The van der Waals surface area contributed by atoms with Crippen LogP contribution in [0.15, 0.2) is 47.0 Å². The van der Waals surface area contributed by atoms with Crippen molar-refractivity contribution in [1.29, 1.82) is 0 Å². The number of allylic oxidation sites excluding steroid dienone is 2. The Labute approximate surface area is 181 Å². The van der Waals surface area contributed by atoms with Crippen molar-refractivity contribution >= 4 is 29.3 Å². The summed E-state index contributed by atoms with van der Waals surface area (Å²) in [6, 6.07) is 3.65. The molecule has 1 amide bonds. The molecule has 0 saturated carbocycles. The number of rotatable bonds is 9. The standard InChI is InChI=1S/C21H28N6O2S/c1-8-9-17(27(7)20(28)13(2)3)19(22-6)25-21-24-18(26-30-21)16-11-10-15(12-23-16)29-14(4)5/h8-14H,6H2,1-5,7H3,(H,24,25,26)/b9-8-,19-17-. The number of ether oxygens (including phenoxy) is 1. The molecule has 9 heteroatoms. The van der Waals surface area contributed by atoms with Gasteiger partial charge in [0.1, 0.15) is 11.4 Å². The van der Waals surface area contributed by atoms with E-state index in [1.165, 1.54) is 11.5 Å². The second-order valence-corrected chi connectivity index (χ2v) is 7.79. The van der Waals surface area contributed by atoms with Crippen LogP contribution in [0.2, 0.25) is 0 Å². The van der Waals surface area contributed by atoms with Gasteiger partial charge in [0, 0.05) is 24.5 Å². The van der Waals surface area contributed by atoms with E-state index in [4.69, 9.17) is 4.74 Å². The normalized spacial score (nSPS) is 12.3. The summed E-state index contributed by atoms with van der Waals surface area (Å²) in [5.41, 5.74) is 1.23. The number of pyridine rings is 1. The number of amides is 1. The number of aliphatic imine (C=N–C) groups is 1. The van der Waals surface area contributed by atoms with Crippen LogP contribution >= 0.6 is 11.5 Å². The molecule has 0 aliphatic carbocycles. The topological polar surface area (TPSA) is 92.6 Å². The fourth-order valence-electron chi connectivity index (χ4n) is 2.53. The Hall–Kier alpha value is -3.07. The van der Waals surface area contributed by atoms with Gasteiger partial charge in [-0.3, -0.25) is 4.79 Å². The van der Waals surface area contributed by atoms with Crippen molar-refractivity contribution < 1.29 is 9.53 Å². The minimum Gasteiger partial charge on any atom is -0.489 e. The van der Waals surface area contributed by atoms with Crippen LogP contribution in [-0.4, -0.2) is 45.0 Å². The van der Waals surface area contributed by atoms with Crippen LogP contribution in [0.25, 0.3) is 11.5 Å². The maximum absolute atomic E-state index is 12.4. The van der Waals surface area contributed by atoms with Crippen molar-refractivity contribution in [3.8, 4) is 17.3 Å². The first-order valence-corrected chi connectivity index (χ1v) is 10.4. The third kappa shape index (κ3) is 5.96. The van der Waals surface area contributed by atoms with E-state index in [2.05, 4.69) is 31.4 Å². The lowest BCUT2D eigenvalue weighted by Gasteiger charge is -2.22. The molecule has 0 aliphatic rings. The van der Waals surface area contributed by atoms with Crippen molar-refractivity contribution in [3.63, 3.8) is 0 Å². The maximum atomic E-state index is 12.4. The number of nitrogens with one attached hydrogen (secondary N) is 1. The zero-order valence-corrected chi connectivity index (χ0v) is 19.0. The molecule has 1 N–H and O–H groups in total. The molecule has 0 spiro atoms. The average molecular weight is 429 g/mol. The molecule has 0 atom stereocenters. The van der Waals surface area contributed by atoms with Crippen LogP contribution in [0, 0.1) is 5.92 Å². The van der Waals surface area contributed by atoms with E-state index >= 15 is 0 Å². The van der Waals surface area contributed by atoms with Gasteiger partial charge >= 0.3 is 0 Å². The van der Waals surface area contributed by atoms with Gasteiger partial charge in [0.25, 0.3) is 0 Å². The summed E-state index contributed by atoms with van der Waals surface area (Å²) in [4.78, 5) is 26.9. The summed E-state index contributed by atoms with van der Waals surface area (Å²) >= 11 is 1.17. The Bertz CT molecular complexity index is 931. The van der Waals surface area contributed by atoms with E-state index < -0.39 is 0 Å². The molecule has 2 aromatic heterocycles. The number of carbonyl (C=O) groups excluding carboxylic acids is 1. The molecule has 2 heterocycles. The number of hydrogen-bond acceptors (Lipinski definition) is 8. The molecule has 0 saturated heterocycles. The highest BCUT2D eigenvalue weighted by Crippen LogP contribution is 2.24. The molecule has 0 aliphatic heterocycles. The molecule has 0 radical (unpaired) electrons. The SMILES string of the molecule is C=N/C(Nc1nc(-c2ccc(OC(C)C)cn2)ns1)=C(\C=C/C)N(C)C(=O)C(C)C. The summed E-state index contributed by atoms with van der Waals surface area (Å²) < 4.78 is 9.97. The Morgan fingerprint density at radius 1 is 1.33 bits per heavy atom. The Morgan fingerprint density at radius 2 is 2.07 bits per heavy atom. The van der Waals surface area contributed by atoms with Gasteiger partial charge < -0.3 is 15.0 Å². The van der Waals surface area contributed by atoms with E-state index in [1.807, 2.05) is 52.8 Å². The molecule has 160 valence electrons.